The minimum atomic E-state index is -3.61. The SMILES string of the molecule is Cc1ccc(S(=O)(=O)n2cc(CCCc3ccccc3)cn2)cc1. The Morgan fingerprint density at radius 2 is 1.58 bits per heavy atom. The Labute approximate surface area is 142 Å². The van der Waals surface area contributed by atoms with Gasteiger partial charge in [0.25, 0.3) is 10.0 Å². The van der Waals surface area contributed by atoms with Crippen molar-refractivity contribution in [2.75, 3.05) is 0 Å². The lowest BCUT2D eigenvalue weighted by Gasteiger charge is -2.04. The van der Waals surface area contributed by atoms with Crippen LogP contribution in [-0.2, 0) is 22.9 Å². The smallest absolute Gasteiger partial charge is 0.199 e. The summed E-state index contributed by atoms with van der Waals surface area (Å²) in [6, 6.07) is 17.1. The van der Waals surface area contributed by atoms with E-state index in [4.69, 9.17) is 0 Å². The van der Waals surface area contributed by atoms with Crippen molar-refractivity contribution in [3.05, 3.63) is 83.7 Å². The molecule has 0 radical (unpaired) electrons. The highest BCUT2D eigenvalue weighted by Gasteiger charge is 2.17. The fourth-order valence-electron chi connectivity index (χ4n) is 2.56. The third-order valence-corrected chi connectivity index (χ3v) is 5.51. The Hall–Kier alpha value is -2.40. The molecule has 0 N–H and O–H groups in total. The molecule has 0 spiro atoms. The molecule has 0 atom stereocenters. The van der Waals surface area contributed by atoms with E-state index in [1.54, 1.807) is 36.7 Å². The lowest BCUT2D eigenvalue weighted by molar-refractivity contribution is 0.580. The summed E-state index contributed by atoms with van der Waals surface area (Å²) < 4.78 is 26.2. The molecule has 1 aromatic heterocycles. The molecule has 0 aliphatic rings. The van der Waals surface area contributed by atoms with Gasteiger partial charge in [0, 0.05) is 6.20 Å². The zero-order chi connectivity index (χ0) is 17.0. The number of benzene rings is 2. The van der Waals surface area contributed by atoms with Crippen LogP contribution in [0.3, 0.4) is 0 Å². The maximum atomic E-state index is 12.6. The molecule has 0 saturated heterocycles. The van der Waals surface area contributed by atoms with Crippen LogP contribution in [0.15, 0.2) is 71.9 Å². The van der Waals surface area contributed by atoms with Gasteiger partial charge in [-0.25, -0.2) is 0 Å². The Balaban J connectivity index is 1.67. The van der Waals surface area contributed by atoms with Crippen molar-refractivity contribution in [3.8, 4) is 0 Å². The molecule has 3 aromatic rings. The largest absolute Gasteiger partial charge is 0.282 e. The van der Waals surface area contributed by atoms with Crippen molar-refractivity contribution in [2.45, 2.75) is 31.1 Å². The number of rotatable bonds is 6. The van der Waals surface area contributed by atoms with E-state index >= 15 is 0 Å². The first kappa shape index (κ1) is 16.5. The molecule has 4 nitrogen and oxygen atoms in total. The molecule has 0 aliphatic heterocycles. The van der Waals surface area contributed by atoms with Gasteiger partial charge in [-0.15, -0.1) is 0 Å². The van der Waals surface area contributed by atoms with Crippen LogP contribution in [0.4, 0.5) is 0 Å². The van der Waals surface area contributed by atoms with Crippen LogP contribution >= 0.6 is 0 Å². The zero-order valence-corrected chi connectivity index (χ0v) is 14.4. The van der Waals surface area contributed by atoms with Crippen LogP contribution in [0.25, 0.3) is 0 Å². The molecule has 3 rings (SSSR count). The first-order chi connectivity index (χ1) is 11.6. The molecular weight excluding hydrogens is 320 g/mol. The Bertz CT molecular complexity index is 898. The molecule has 0 fully saturated rings. The maximum absolute atomic E-state index is 12.6. The highest BCUT2D eigenvalue weighted by Crippen LogP contribution is 2.15. The summed E-state index contributed by atoms with van der Waals surface area (Å²) in [6.07, 6.45) is 5.98. The van der Waals surface area contributed by atoms with E-state index in [-0.39, 0.29) is 4.90 Å². The number of hydrogen-bond acceptors (Lipinski definition) is 3. The maximum Gasteiger partial charge on any atom is 0.282 e. The third kappa shape index (κ3) is 3.74. The quantitative estimate of drug-likeness (QED) is 0.689. The summed E-state index contributed by atoms with van der Waals surface area (Å²) in [5, 5.41) is 4.04. The van der Waals surface area contributed by atoms with Crippen molar-refractivity contribution in [1.29, 1.82) is 0 Å². The summed E-state index contributed by atoms with van der Waals surface area (Å²) in [6.45, 7) is 1.93. The van der Waals surface area contributed by atoms with Gasteiger partial charge < -0.3 is 0 Å². The van der Waals surface area contributed by atoms with Crippen molar-refractivity contribution < 1.29 is 8.42 Å². The predicted molar refractivity (Wildman–Crippen MR) is 94.5 cm³/mol. The van der Waals surface area contributed by atoms with Crippen molar-refractivity contribution in [1.82, 2.24) is 9.19 Å². The summed E-state index contributed by atoms with van der Waals surface area (Å²) in [5.41, 5.74) is 3.25. The van der Waals surface area contributed by atoms with Gasteiger partial charge in [-0.1, -0.05) is 48.0 Å². The molecule has 24 heavy (non-hydrogen) atoms. The van der Waals surface area contributed by atoms with Gasteiger partial charge in [0.15, 0.2) is 0 Å². The molecular formula is C19H20N2O2S. The third-order valence-electron chi connectivity index (χ3n) is 3.95. The van der Waals surface area contributed by atoms with Crippen molar-refractivity contribution in [3.63, 3.8) is 0 Å². The van der Waals surface area contributed by atoms with Crippen molar-refractivity contribution >= 4 is 10.0 Å². The fourth-order valence-corrected chi connectivity index (χ4v) is 3.70. The zero-order valence-electron chi connectivity index (χ0n) is 13.6. The molecule has 5 heteroatoms. The Morgan fingerprint density at radius 1 is 0.917 bits per heavy atom. The minimum Gasteiger partial charge on any atom is -0.199 e. The fraction of sp³-hybridized carbons (Fsp3) is 0.211. The number of aromatic nitrogens is 2. The van der Waals surface area contributed by atoms with E-state index < -0.39 is 10.0 Å². The van der Waals surface area contributed by atoms with E-state index in [0.717, 1.165) is 34.5 Å². The molecule has 0 unspecified atom stereocenters. The van der Waals surface area contributed by atoms with E-state index in [1.165, 1.54) is 5.56 Å². The highest BCUT2D eigenvalue weighted by atomic mass is 32.2. The second kappa shape index (κ2) is 7.01. The van der Waals surface area contributed by atoms with Gasteiger partial charge in [0.05, 0.1) is 11.1 Å². The standard InChI is InChI=1S/C19H20N2O2S/c1-16-10-12-19(13-11-16)24(22,23)21-15-18(14-20-21)9-5-8-17-6-3-2-4-7-17/h2-4,6-7,10-15H,5,8-9H2,1H3. The van der Waals surface area contributed by atoms with Crippen molar-refractivity contribution in [2.24, 2.45) is 0 Å². The molecule has 124 valence electrons. The van der Waals surface area contributed by atoms with E-state index in [1.807, 2.05) is 25.1 Å². The first-order valence-corrected chi connectivity index (χ1v) is 9.39. The summed E-state index contributed by atoms with van der Waals surface area (Å²) in [4.78, 5) is 0.257. The average molecular weight is 340 g/mol. The van der Waals surface area contributed by atoms with Gasteiger partial charge in [-0.05, 0) is 49.4 Å². The Kier molecular flexibility index (Phi) is 4.81. The predicted octanol–water partition coefficient (Wildman–Crippen LogP) is 3.60. The lowest BCUT2D eigenvalue weighted by atomic mass is 10.1. The Morgan fingerprint density at radius 3 is 2.29 bits per heavy atom. The lowest BCUT2D eigenvalue weighted by Crippen LogP contribution is -2.13. The molecule has 2 aromatic carbocycles. The van der Waals surface area contributed by atoms with Gasteiger partial charge in [-0.3, -0.25) is 0 Å². The van der Waals surface area contributed by atoms with Crippen LogP contribution in [0.2, 0.25) is 0 Å². The van der Waals surface area contributed by atoms with E-state index in [9.17, 15) is 8.42 Å². The number of hydrogen-bond donors (Lipinski definition) is 0. The van der Waals surface area contributed by atoms with Crippen LogP contribution in [0.1, 0.15) is 23.1 Å². The summed E-state index contributed by atoms with van der Waals surface area (Å²) in [7, 11) is -3.61. The van der Waals surface area contributed by atoms with Crippen LogP contribution in [0.5, 0.6) is 0 Å². The van der Waals surface area contributed by atoms with Gasteiger partial charge >= 0.3 is 0 Å². The number of aryl methyl sites for hydroxylation is 3. The molecule has 0 aliphatic carbocycles. The second-order valence-electron chi connectivity index (χ2n) is 5.88. The normalized spacial score (nSPS) is 11.5. The molecule has 0 bridgehead atoms. The summed E-state index contributed by atoms with van der Waals surface area (Å²) >= 11 is 0. The van der Waals surface area contributed by atoms with E-state index in [0.29, 0.717) is 0 Å². The highest BCUT2D eigenvalue weighted by molar-refractivity contribution is 7.89. The molecule has 1 heterocycles. The summed E-state index contributed by atoms with van der Waals surface area (Å²) in [5.74, 6) is 0. The minimum absolute atomic E-state index is 0.257. The number of nitrogens with zero attached hydrogens (tertiary/aromatic N) is 2. The van der Waals surface area contributed by atoms with Crippen LogP contribution in [-0.4, -0.2) is 17.6 Å². The van der Waals surface area contributed by atoms with Crippen LogP contribution < -0.4 is 0 Å². The van der Waals surface area contributed by atoms with Gasteiger partial charge in [0.2, 0.25) is 0 Å². The monoisotopic (exact) mass is 340 g/mol. The van der Waals surface area contributed by atoms with Gasteiger partial charge in [-0.2, -0.15) is 17.6 Å². The molecule has 0 amide bonds. The molecule has 0 saturated carbocycles. The topological polar surface area (TPSA) is 52.0 Å². The van der Waals surface area contributed by atoms with E-state index in [2.05, 4.69) is 17.2 Å². The van der Waals surface area contributed by atoms with Gasteiger partial charge in [0.1, 0.15) is 0 Å². The second-order valence-corrected chi connectivity index (χ2v) is 7.67. The average Bonchev–Trinajstić information content (AvgIpc) is 3.06. The van der Waals surface area contributed by atoms with Crippen LogP contribution in [0, 0.1) is 6.92 Å². The first-order valence-electron chi connectivity index (χ1n) is 7.95.